The van der Waals surface area contributed by atoms with E-state index in [2.05, 4.69) is 40.7 Å². The van der Waals surface area contributed by atoms with E-state index in [-0.39, 0.29) is 0 Å². The lowest BCUT2D eigenvalue weighted by atomic mass is 9.47. The molecule has 1 nitrogen and oxygen atoms in total. The number of allylic oxidation sites excluding steroid dienone is 2. The molecule has 0 bridgehead atoms. The van der Waals surface area contributed by atoms with Crippen LogP contribution in [0.25, 0.3) is 0 Å². The van der Waals surface area contributed by atoms with Crippen molar-refractivity contribution in [3.05, 3.63) is 11.6 Å². The molecule has 4 aliphatic carbocycles. The zero-order valence-corrected chi connectivity index (χ0v) is 19.2. The second kappa shape index (κ2) is 7.59. The fraction of sp³-hybridized carbons (Fsp3) is 0.889. The molecule has 0 radical (unpaired) electrons. The van der Waals surface area contributed by atoms with Gasteiger partial charge in [-0.25, -0.2) is 0 Å². The lowest BCUT2D eigenvalue weighted by molar-refractivity contribution is -0.127. The van der Waals surface area contributed by atoms with E-state index in [9.17, 15) is 4.79 Å². The molecule has 0 spiro atoms. The zero-order chi connectivity index (χ0) is 20.1. The Morgan fingerprint density at radius 2 is 1.75 bits per heavy atom. The summed E-state index contributed by atoms with van der Waals surface area (Å²) in [6.45, 7) is 12.5. The largest absolute Gasteiger partial charge is 0.300 e. The van der Waals surface area contributed by atoms with Gasteiger partial charge in [-0.3, -0.25) is 4.79 Å². The highest BCUT2D eigenvalue weighted by molar-refractivity contribution is 5.79. The van der Waals surface area contributed by atoms with Gasteiger partial charge in [-0.05, 0) is 84.9 Å². The van der Waals surface area contributed by atoms with Gasteiger partial charge in [0.15, 0.2) is 0 Å². The quantitative estimate of drug-likeness (QED) is 0.446. The Bertz CT molecular complexity index is 630. The molecule has 0 aliphatic heterocycles. The predicted molar refractivity (Wildman–Crippen MR) is 118 cm³/mol. The van der Waals surface area contributed by atoms with Crippen LogP contribution in [0.4, 0.5) is 0 Å². The minimum absolute atomic E-state index is 0.403. The van der Waals surface area contributed by atoms with Crippen molar-refractivity contribution < 1.29 is 4.79 Å². The fourth-order valence-corrected chi connectivity index (χ4v) is 8.33. The van der Waals surface area contributed by atoms with E-state index in [1.807, 2.05) is 5.57 Å². The molecular weight excluding hydrogens is 340 g/mol. The first kappa shape index (κ1) is 20.7. The summed E-state index contributed by atoms with van der Waals surface area (Å²) in [6, 6.07) is 0. The van der Waals surface area contributed by atoms with Gasteiger partial charge < -0.3 is 0 Å². The average molecular weight is 385 g/mol. The van der Waals surface area contributed by atoms with Crippen LogP contribution in [-0.2, 0) is 4.79 Å². The molecule has 7 atom stereocenters. The van der Waals surface area contributed by atoms with E-state index in [0.29, 0.717) is 22.5 Å². The van der Waals surface area contributed by atoms with Crippen LogP contribution in [0.15, 0.2) is 11.6 Å². The summed E-state index contributed by atoms with van der Waals surface area (Å²) in [6.07, 6.45) is 16.6. The number of hydrogen-bond donors (Lipinski definition) is 0. The first-order chi connectivity index (χ1) is 13.3. The molecule has 0 heterocycles. The van der Waals surface area contributed by atoms with E-state index in [1.54, 1.807) is 0 Å². The molecule has 0 aromatic heterocycles. The minimum Gasteiger partial charge on any atom is -0.300 e. The molecule has 0 unspecified atom stereocenters. The Balaban J connectivity index is 1.51. The first-order valence-electron chi connectivity index (χ1n) is 12.5. The van der Waals surface area contributed by atoms with E-state index >= 15 is 0 Å². The van der Waals surface area contributed by atoms with Crippen molar-refractivity contribution in [2.24, 2.45) is 46.3 Å². The molecule has 158 valence electrons. The molecule has 0 saturated heterocycles. The van der Waals surface area contributed by atoms with Crippen LogP contribution in [0.1, 0.15) is 105 Å². The number of fused-ring (bicyclic) bond motifs is 5. The number of ketones is 1. The van der Waals surface area contributed by atoms with E-state index in [4.69, 9.17) is 0 Å². The van der Waals surface area contributed by atoms with Crippen molar-refractivity contribution in [2.45, 2.75) is 105 Å². The maximum atomic E-state index is 12.1. The summed E-state index contributed by atoms with van der Waals surface area (Å²) in [5, 5.41) is 0. The van der Waals surface area contributed by atoms with Gasteiger partial charge in [-0.1, -0.05) is 65.5 Å². The normalized spacial score (nSPS) is 43.9. The molecule has 0 amide bonds. The Morgan fingerprint density at radius 3 is 2.50 bits per heavy atom. The van der Waals surface area contributed by atoms with Crippen molar-refractivity contribution in [1.29, 1.82) is 0 Å². The van der Waals surface area contributed by atoms with Crippen molar-refractivity contribution in [1.82, 2.24) is 0 Å². The number of carbonyl (C=O) groups excluding carboxylic acids is 1. The smallest absolute Gasteiger partial charge is 0.133 e. The molecule has 4 aliphatic rings. The molecule has 0 aromatic carbocycles. The highest BCUT2D eigenvalue weighted by atomic mass is 16.1. The van der Waals surface area contributed by atoms with Crippen molar-refractivity contribution in [3.8, 4) is 0 Å². The van der Waals surface area contributed by atoms with E-state index < -0.39 is 0 Å². The van der Waals surface area contributed by atoms with Crippen LogP contribution in [0, 0.1) is 46.3 Å². The van der Waals surface area contributed by atoms with Gasteiger partial charge in [0.1, 0.15) is 5.78 Å². The second-order valence-electron chi connectivity index (χ2n) is 12.0. The third-order valence-corrected chi connectivity index (χ3v) is 10.1. The van der Waals surface area contributed by atoms with Gasteiger partial charge in [0.05, 0.1) is 0 Å². The zero-order valence-electron chi connectivity index (χ0n) is 19.2. The lowest BCUT2D eigenvalue weighted by Crippen LogP contribution is -2.49. The number of hydrogen-bond acceptors (Lipinski definition) is 1. The molecule has 3 fully saturated rings. The Labute approximate surface area is 174 Å². The standard InChI is InChI=1S/C27H44O/c1-18(2)7-6-8-19(3)23-11-12-24-22-10-9-20-17-21(28)13-15-26(20,4)25(22)14-16-27(23,24)5/h10,18-20,23-25H,6-9,11-17H2,1-5H3/t19-,20-,23-,24+,25+,26+,27-/m1/s1. The predicted octanol–water partition coefficient (Wildman–Crippen LogP) is 7.60. The van der Waals surface area contributed by atoms with E-state index in [1.165, 1.54) is 51.4 Å². The molecule has 0 N–H and O–H groups in total. The van der Waals surface area contributed by atoms with Crippen molar-refractivity contribution in [2.75, 3.05) is 0 Å². The van der Waals surface area contributed by atoms with Gasteiger partial charge in [-0.2, -0.15) is 0 Å². The Morgan fingerprint density at radius 1 is 1.00 bits per heavy atom. The van der Waals surface area contributed by atoms with Crippen LogP contribution in [0.5, 0.6) is 0 Å². The van der Waals surface area contributed by atoms with Crippen LogP contribution in [0.3, 0.4) is 0 Å². The molecule has 3 saturated carbocycles. The summed E-state index contributed by atoms with van der Waals surface area (Å²) >= 11 is 0. The maximum absolute atomic E-state index is 12.1. The number of rotatable bonds is 5. The highest BCUT2D eigenvalue weighted by Crippen LogP contribution is 2.66. The van der Waals surface area contributed by atoms with Gasteiger partial charge in [-0.15, -0.1) is 0 Å². The third kappa shape index (κ3) is 3.33. The van der Waals surface area contributed by atoms with Gasteiger partial charge in [0.2, 0.25) is 0 Å². The molecule has 28 heavy (non-hydrogen) atoms. The second-order valence-corrected chi connectivity index (χ2v) is 12.0. The fourth-order valence-electron chi connectivity index (χ4n) is 8.33. The number of Topliss-reactive ketones (excluding diaryl/α,β-unsaturated/α-hetero) is 1. The summed E-state index contributed by atoms with van der Waals surface area (Å²) in [7, 11) is 0. The molecule has 1 heteroatoms. The lowest BCUT2D eigenvalue weighted by Gasteiger charge is -2.57. The highest BCUT2D eigenvalue weighted by Gasteiger charge is 2.58. The Hall–Kier alpha value is -0.590. The first-order valence-corrected chi connectivity index (χ1v) is 12.5. The van der Waals surface area contributed by atoms with Gasteiger partial charge in [0, 0.05) is 12.8 Å². The van der Waals surface area contributed by atoms with Gasteiger partial charge >= 0.3 is 0 Å². The Kier molecular flexibility index (Phi) is 5.60. The summed E-state index contributed by atoms with van der Waals surface area (Å²) < 4.78 is 0. The SMILES string of the molecule is CC(C)CCC[C@@H](C)[C@H]1CC[C@H]2C3=CC[C@@H]4CC(=O)CC[C@]4(C)[C@H]3CC[C@]12C. The van der Waals surface area contributed by atoms with Crippen LogP contribution in [0.2, 0.25) is 0 Å². The van der Waals surface area contributed by atoms with Crippen LogP contribution < -0.4 is 0 Å². The summed E-state index contributed by atoms with van der Waals surface area (Å²) in [5.74, 6) is 5.40. The topological polar surface area (TPSA) is 17.1 Å². The van der Waals surface area contributed by atoms with Crippen LogP contribution in [-0.4, -0.2) is 5.78 Å². The molecule has 0 aromatic rings. The molecule has 4 rings (SSSR count). The summed E-state index contributed by atoms with van der Waals surface area (Å²) in [4.78, 5) is 12.1. The van der Waals surface area contributed by atoms with Crippen LogP contribution >= 0.6 is 0 Å². The van der Waals surface area contributed by atoms with Crippen molar-refractivity contribution in [3.63, 3.8) is 0 Å². The monoisotopic (exact) mass is 384 g/mol. The van der Waals surface area contributed by atoms with E-state index in [0.717, 1.165) is 48.9 Å². The summed E-state index contributed by atoms with van der Waals surface area (Å²) in [5.41, 5.74) is 2.78. The average Bonchev–Trinajstić information content (AvgIpc) is 2.99. The minimum atomic E-state index is 0.403. The number of carbonyl (C=O) groups is 1. The maximum Gasteiger partial charge on any atom is 0.133 e. The van der Waals surface area contributed by atoms with Crippen molar-refractivity contribution >= 4 is 5.78 Å². The molecular formula is C27H44O. The van der Waals surface area contributed by atoms with Gasteiger partial charge in [0.25, 0.3) is 0 Å². The third-order valence-electron chi connectivity index (χ3n) is 10.1.